The smallest absolute Gasteiger partial charge is 0.356 e. The molecule has 0 unspecified atom stereocenters. The van der Waals surface area contributed by atoms with E-state index in [1.807, 2.05) is 36.2 Å². The van der Waals surface area contributed by atoms with Gasteiger partial charge in [-0.3, -0.25) is 0 Å². The summed E-state index contributed by atoms with van der Waals surface area (Å²) in [6.07, 6.45) is 2.68. The van der Waals surface area contributed by atoms with E-state index in [9.17, 15) is 4.79 Å². The van der Waals surface area contributed by atoms with E-state index in [-0.39, 0.29) is 5.69 Å². The van der Waals surface area contributed by atoms with Gasteiger partial charge in [-0.1, -0.05) is 23.7 Å². The van der Waals surface area contributed by atoms with Crippen molar-refractivity contribution < 1.29 is 9.90 Å². The predicted octanol–water partition coefficient (Wildman–Crippen LogP) is 2.46. The predicted molar refractivity (Wildman–Crippen MR) is 72.6 cm³/mol. The van der Waals surface area contributed by atoms with Gasteiger partial charge < -0.3 is 10.0 Å². The lowest BCUT2D eigenvalue weighted by molar-refractivity contribution is 0.0690. The Bertz CT molecular complexity index is 587. The normalized spacial score (nSPS) is 10.2. The number of rotatable bonds is 4. The molecule has 5 nitrogen and oxygen atoms in total. The molecule has 0 aliphatic heterocycles. The third-order valence-electron chi connectivity index (χ3n) is 2.56. The van der Waals surface area contributed by atoms with Gasteiger partial charge in [0.2, 0.25) is 0 Å². The van der Waals surface area contributed by atoms with Crippen molar-refractivity contribution in [2.24, 2.45) is 0 Å². The Labute approximate surface area is 115 Å². The zero-order valence-electron chi connectivity index (χ0n) is 10.2. The highest BCUT2D eigenvalue weighted by atomic mass is 35.5. The maximum absolute atomic E-state index is 10.7. The highest BCUT2D eigenvalue weighted by Gasteiger charge is 2.08. The fraction of sp³-hybridized carbons (Fsp3) is 0.154. The molecule has 0 saturated carbocycles. The molecular weight excluding hydrogens is 266 g/mol. The van der Waals surface area contributed by atoms with Gasteiger partial charge in [0.05, 0.1) is 12.4 Å². The molecule has 0 aliphatic carbocycles. The standard InChI is InChI=1S/C13H12ClN3O2/c1-17(8-9-3-2-4-10(14)5-9)12-7-15-11(6-16-12)13(18)19/h2-7H,8H2,1H3,(H,18,19). The summed E-state index contributed by atoms with van der Waals surface area (Å²) in [6, 6.07) is 7.52. The molecule has 98 valence electrons. The van der Waals surface area contributed by atoms with Gasteiger partial charge in [0.1, 0.15) is 5.82 Å². The first kappa shape index (κ1) is 13.3. The van der Waals surface area contributed by atoms with Crippen LogP contribution >= 0.6 is 11.6 Å². The van der Waals surface area contributed by atoms with Gasteiger partial charge in [0.15, 0.2) is 5.69 Å². The van der Waals surface area contributed by atoms with Crippen LogP contribution in [0.4, 0.5) is 5.82 Å². The number of anilines is 1. The van der Waals surface area contributed by atoms with Crippen LogP contribution < -0.4 is 4.90 Å². The second-order valence-corrected chi connectivity index (χ2v) is 4.49. The first-order chi connectivity index (χ1) is 9.06. The molecule has 0 amide bonds. The van der Waals surface area contributed by atoms with Gasteiger partial charge in [-0.15, -0.1) is 0 Å². The van der Waals surface area contributed by atoms with Crippen LogP contribution in [0.1, 0.15) is 16.1 Å². The molecule has 0 aliphatic rings. The molecule has 0 saturated heterocycles. The number of hydrogen-bond acceptors (Lipinski definition) is 4. The zero-order chi connectivity index (χ0) is 13.8. The Balaban J connectivity index is 2.11. The number of carboxylic acids is 1. The van der Waals surface area contributed by atoms with Crippen LogP contribution in [0.15, 0.2) is 36.7 Å². The van der Waals surface area contributed by atoms with Crippen LogP contribution in [-0.4, -0.2) is 28.1 Å². The number of aromatic nitrogens is 2. The second kappa shape index (κ2) is 5.67. The van der Waals surface area contributed by atoms with E-state index in [4.69, 9.17) is 16.7 Å². The van der Waals surface area contributed by atoms with E-state index < -0.39 is 5.97 Å². The minimum Gasteiger partial charge on any atom is -0.476 e. The van der Waals surface area contributed by atoms with E-state index in [1.54, 1.807) is 0 Å². The summed E-state index contributed by atoms with van der Waals surface area (Å²) in [5.41, 5.74) is 0.971. The first-order valence-electron chi connectivity index (χ1n) is 5.57. The minimum absolute atomic E-state index is 0.0695. The molecule has 2 rings (SSSR count). The Morgan fingerprint density at radius 1 is 1.37 bits per heavy atom. The van der Waals surface area contributed by atoms with Gasteiger partial charge in [-0.05, 0) is 17.7 Å². The van der Waals surface area contributed by atoms with Crippen LogP contribution in [-0.2, 0) is 6.54 Å². The maximum atomic E-state index is 10.7. The van der Waals surface area contributed by atoms with Crippen molar-refractivity contribution in [2.75, 3.05) is 11.9 Å². The molecule has 19 heavy (non-hydrogen) atoms. The van der Waals surface area contributed by atoms with Crippen LogP contribution in [0.5, 0.6) is 0 Å². The lowest BCUT2D eigenvalue weighted by atomic mass is 10.2. The highest BCUT2D eigenvalue weighted by Crippen LogP contribution is 2.15. The Hall–Kier alpha value is -2.14. The van der Waals surface area contributed by atoms with Gasteiger partial charge in [-0.25, -0.2) is 14.8 Å². The van der Waals surface area contributed by atoms with E-state index >= 15 is 0 Å². The third-order valence-corrected chi connectivity index (χ3v) is 2.79. The maximum Gasteiger partial charge on any atom is 0.356 e. The van der Waals surface area contributed by atoms with Crippen LogP contribution in [0, 0.1) is 0 Å². The number of halogens is 1. The fourth-order valence-electron chi connectivity index (χ4n) is 1.62. The van der Waals surface area contributed by atoms with Crippen molar-refractivity contribution in [3.63, 3.8) is 0 Å². The topological polar surface area (TPSA) is 66.3 Å². The SMILES string of the molecule is CN(Cc1cccc(Cl)c1)c1cnc(C(=O)O)cn1. The molecule has 0 radical (unpaired) electrons. The Morgan fingerprint density at radius 2 is 2.16 bits per heavy atom. The third kappa shape index (κ3) is 3.42. The van der Waals surface area contributed by atoms with Crippen molar-refractivity contribution in [3.8, 4) is 0 Å². The monoisotopic (exact) mass is 277 g/mol. The Morgan fingerprint density at radius 3 is 2.74 bits per heavy atom. The molecule has 2 aromatic rings. The quantitative estimate of drug-likeness (QED) is 0.930. The summed E-state index contributed by atoms with van der Waals surface area (Å²) >= 11 is 5.92. The molecule has 0 fully saturated rings. The lowest BCUT2D eigenvalue weighted by Crippen LogP contribution is -2.18. The van der Waals surface area contributed by atoms with Gasteiger partial charge in [0.25, 0.3) is 0 Å². The van der Waals surface area contributed by atoms with Crippen molar-refractivity contribution in [1.29, 1.82) is 0 Å². The molecule has 0 bridgehead atoms. The summed E-state index contributed by atoms with van der Waals surface area (Å²) < 4.78 is 0. The summed E-state index contributed by atoms with van der Waals surface area (Å²) in [5, 5.41) is 9.43. The summed E-state index contributed by atoms with van der Waals surface area (Å²) in [4.78, 5) is 20.4. The molecule has 6 heteroatoms. The summed E-state index contributed by atoms with van der Waals surface area (Å²) in [6.45, 7) is 0.613. The van der Waals surface area contributed by atoms with Crippen molar-refractivity contribution in [2.45, 2.75) is 6.54 Å². The zero-order valence-corrected chi connectivity index (χ0v) is 11.0. The van der Waals surface area contributed by atoms with Gasteiger partial charge in [-0.2, -0.15) is 0 Å². The number of nitrogens with zero attached hydrogens (tertiary/aromatic N) is 3. The number of carboxylic acid groups (broad SMARTS) is 1. The number of hydrogen-bond donors (Lipinski definition) is 1. The molecular formula is C13H12ClN3O2. The molecule has 1 N–H and O–H groups in total. The van der Waals surface area contributed by atoms with Crippen molar-refractivity contribution >= 4 is 23.4 Å². The number of aromatic carboxylic acids is 1. The molecule has 1 aromatic heterocycles. The summed E-state index contributed by atoms with van der Waals surface area (Å²) in [7, 11) is 1.85. The number of carbonyl (C=O) groups is 1. The average molecular weight is 278 g/mol. The van der Waals surface area contributed by atoms with Crippen LogP contribution in [0.25, 0.3) is 0 Å². The van der Waals surface area contributed by atoms with Crippen LogP contribution in [0.3, 0.4) is 0 Å². The van der Waals surface area contributed by atoms with E-state index in [1.165, 1.54) is 12.4 Å². The second-order valence-electron chi connectivity index (χ2n) is 4.05. The van der Waals surface area contributed by atoms with E-state index in [2.05, 4.69) is 9.97 Å². The van der Waals surface area contributed by atoms with E-state index in [0.29, 0.717) is 17.4 Å². The highest BCUT2D eigenvalue weighted by molar-refractivity contribution is 6.30. The lowest BCUT2D eigenvalue weighted by Gasteiger charge is -2.17. The van der Waals surface area contributed by atoms with Gasteiger partial charge in [0, 0.05) is 18.6 Å². The molecule has 0 spiro atoms. The largest absolute Gasteiger partial charge is 0.476 e. The Kier molecular flexibility index (Phi) is 3.97. The average Bonchev–Trinajstić information content (AvgIpc) is 2.39. The van der Waals surface area contributed by atoms with Gasteiger partial charge >= 0.3 is 5.97 Å². The van der Waals surface area contributed by atoms with Crippen molar-refractivity contribution in [1.82, 2.24) is 9.97 Å². The fourth-order valence-corrected chi connectivity index (χ4v) is 1.83. The van der Waals surface area contributed by atoms with E-state index in [0.717, 1.165) is 5.56 Å². The molecule has 1 aromatic carbocycles. The van der Waals surface area contributed by atoms with Crippen LogP contribution in [0.2, 0.25) is 5.02 Å². The minimum atomic E-state index is -1.09. The number of benzene rings is 1. The van der Waals surface area contributed by atoms with Crippen molar-refractivity contribution in [3.05, 3.63) is 52.9 Å². The summed E-state index contributed by atoms with van der Waals surface area (Å²) in [5.74, 6) is -0.485. The molecule has 1 heterocycles. The first-order valence-corrected chi connectivity index (χ1v) is 5.95. The molecule has 0 atom stereocenters.